The number of anilines is 1. The Morgan fingerprint density at radius 1 is 1.31 bits per heavy atom. The van der Waals surface area contributed by atoms with Crippen LogP contribution in [0.1, 0.15) is 12.5 Å². The van der Waals surface area contributed by atoms with Crippen LogP contribution in [0.4, 0.5) is 5.82 Å². The summed E-state index contributed by atoms with van der Waals surface area (Å²) in [6.07, 6.45) is 0.981. The summed E-state index contributed by atoms with van der Waals surface area (Å²) in [5.41, 5.74) is 7.96. The molecule has 0 saturated heterocycles. The van der Waals surface area contributed by atoms with Gasteiger partial charge in [0.25, 0.3) is 5.56 Å². The van der Waals surface area contributed by atoms with Crippen LogP contribution in [0.15, 0.2) is 35.1 Å². The van der Waals surface area contributed by atoms with Crippen LogP contribution in [-0.2, 0) is 6.42 Å². The lowest BCUT2D eigenvalue weighted by Crippen LogP contribution is -2.12. The highest BCUT2D eigenvalue weighted by Crippen LogP contribution is 2.16. The van der Waals surface area contributed by atoms with Crippen LogP contribution in [0.25, 0.3) is 11.1 Å². The fourth-order valence-electron chi connectivity index (χ4n) is 1.56. The first kappa shape index (κ1) is 10.4. The lowest BCUT2D eigenvalue weighted by molar-refractivity contribution is 1.00. The number of rotatable bonds is 2. The van der Waals surface area contributed by atoms with Crippen molar-refractivity contribution in [3.8, 4) is 11.1 Å². The summed E-state index contributed by atoms with van der Waals surface area (Å²) in [6.45, 7) is 2.09. The zero-order valence-electron chi connectivity index (χ0n) is 9.03. The molecule has 0 fully saturated rings. The predicted molar refractivity (Wildman–Crippen MR) is 64.1 cm³/mol. The van der Waals surface area contributed by atoms with Crippen LogP contribution < -0.4 is 11.3 Å². The number of nitrogens with zero attached hydrogens (tertiary/aromatic N) is 1. The van der Waals surface area contributed by atoms with Gasteiger partial charge in [-0.05, 0) is 23.6 Å². The summed E-state index contributed by atoms with van der Waals surface area (Å²) in [7, 11) is 0. The summed E-state index contributed by atoms with van der Waals surface area (Å²) in [4.78, 5) is 11.6. The second-order valence-corrected chi connectivity index (χ2v) is 3.59. The van der Waals surface area contributed by atoms with E-state index in [0.717, 1.165) is 12.0 Å². The molecule has 0 aliphatic carbocycles. The van der Waals surface area contributed by atoms with Gasteiger partial charge in [-0.2, -0.15) is 5.10 Å². The first-order chi connectivity index (χ1) is 7.70. The quantitative estimate of drug-likeness (QED) is 0.798. The number of hydrogen-bond acceptors (Lipinski definition) is 3. The number of H-pyrrole nitrogens is 1. The normalized spacial score (nSPS) is 10.3. The smallest absolute Gasteiger partial charge is 0.272 e. The third-order valence-corrected chi connectivity index (χ3v) is 2.50. The Kier molecular flexibility index (Phi) is 2.72. The Morgan fingerprint density at radius 3 is 2.62 bits per heavy atom. The second kappa shape index (κ2) is 4.18. The monoisotopic (exact) mass is 215 g/mol. The zero-order chi connectivity index (χ0) is 11.5. The van der Waals surface area contributed by atoms with Crippen molar-refractivity contribution in [2.75, 3.05) is 5.73 Å². The molecular weight excluding hydrogens is 202 g/mol. The van der Waals surface area contributed by atoms with Gasteiger partial charge >= 0.3 is 0 Å². The molecule has 4 nitrogen and oxygen atoms in total. The molecule has 1 aromatic heterocycles. The number of aromatic nitrogens is 2. The molecule has 16 heavy (non-hydrogen) atoms. The Labute approximate surface area is 93.1 Å². The van der Waals surface area contributed by atoms with Crippen molar-refractivity contribution in [1.82, 2.24) is 10.2 Å². The topological polar surface area (TPSA) is 71.8 Å². The number of nitrogens with two attached hydrogens (primary N) is 1. The van der Waals surface area contributed by atoms with Crippen molar-refractivity contribution in [3.63, 3.8) is 0 Å². The van der Waals surface area contributed by atoms with Gasteiger partial charge in [-0.3, -0.25) is 4.79 Å². The minimum atomic E-state index is -0.224. The highest BCUT2D eigenvalue weighted by molar-refractivity contribution is 5.64. The number of aryl methyl sites for hydroxylation is 1. The van der Waals surface area contributed by atoms with E-state index in [4.69, 9.17) is 5.73 Å². The average molecular weight is 215 g/mol. The number of nitrogens with one attached hydrogen (secondary N) is 1. The predicted octanol–water partition coefficient (Wildman–Crippen LogP) is 1.58. The number of benzene rings is 1. The highest BCUT2D eigenvalue weighted by atomic mass is 16.1. The highest BCUT2D eigenvalue weighted by Gasteiger charge is 2.04. The van der Waals surface area contributed by atoms with Gasteiger partial charge in [0.2, 0.25) is 0 Å². The summed E-state index contributed by atoms with van der Waals surface area (Å²) >= 11 is 0. The Balaban J connectivity index is 2.50. The van der Waals surface area contributed by atoms with Gasteiger partial charge in [-0.25, -0.2) is 5.10 Å². The first-order valence-corrected chi connectivity index (χ1v) is 5.15. The SMILES string of the molecule is CCc1ccc(-c2cc(N)n[nH]c2=O)cc1. The van der Waals surface area contributed by atoms with Crippen LogP contribution in [0, 0.1) is 0 Å². The lowest BCUT2D eigenvalue weighted by atomic mass is 10.0. The molecule has 2 rings (SSSR count). The summed E-state index contributed by atoms with van der Waals surface area (Å²) in [6, 6.07) is 9.43. The molecule has 0 spiro atoms. The van der Waals surface area contributed by atoms with Gasteiger partial charge in [-0.1, -0.05) is 31.2 Å². The first-order valence-electron chi connectivity index (χ1n) is 5.15. The summed E-state index contributed by atoms with van der Waals surface area (Å²) < 4.78 is 0. The fraction of sp³-hybridized carbons (Fsp3) is 0.167. The zero-order valence-corrected chi connectivity index (χ0v) is 9.03. The van der Waals surface area contributed by atoms with E-state index < -0.39 is 0 Å². The van der Waals surface area contributed by atoms with Crippen LogP contribution >= 0.6 is 0 Å². The van der Waals surface area contributed by atoms with Crippen molar-refractivity contribution in [3.05, 3.63) is 46.2 Å². The third kappa shape index (κ3) is 1.95. The van der Waals surface area contributed by atoms with Crippen LogP contribution in [-0.4, -0.2) is 10.2 Å². The molecule has 1 heterocycles. The van der Waals surface area contributed by atoms with Gasteiger partial charge in [0.05, 0.1) is 5.56 Å². The van der Waals surface area contributed by atoms with Gasteiger partial charge in [-0.15, -0.1) is 0 Å². The Bertz CT molecular complexity index is 543. The molecule has 82 valence electrons. The summed E-state index contributed by atoms with van der Waals surface area (Å²) in [5.74, 6) is 0.314. The number of nitrogen functional groups attached to an aromatic ring is 1. The van der Waals surface area contributed by atoms with E-state index in [0.29, 0.717) is 11.4 Å². The molecule has 0 aliphatic heterocycles. The van der Waals surface area contributed by atoms with E-state index in [-0.39, 0.29) is 5.56 Å². The van der Waals surface area contributed by atoms with E-state index in [2.05, 4.69) is 17.1 Å². The van der Waals surface area contributed by atoms with E-state index in [1.54, 1.807) is 6.07 Å². The molecule has 0 aliphatic rings. The van der Waals surface area contributed by atoms with E-state index in [9.17, 15) is 4.79 Å². The molecule has 0 saturated carbocycles. The molecule has 0 radical (unpaired) electrons. The van der Waals surface area contributed by atoms with Gasteiger partial charge < -0.3 is 5.73 Å². The maximum absolute atomic E-state index is 11.6. The van der Waals surface area contributed by atoms with Gasteiger partial charge in [0.15, 0.2) is 0 Å². The minimum Gasteiger partial charge on any atom is -0.382 e. The molecule has 0 amide bonds. The summed E-state index contributed by atoms with van der Waals surface area (Å²) in [5, 5.41) is 6.00. The molecule has 0 atom stereocenters. The van der Waals surface area contributed by atoms with E-state index in [1.807, 2.05) is 24.3 Å². The number of hydrogen-bond donors (Lipinski definition) is 2. The molecule has 3 N–H and O–H groups in total. The molecule has 1 aromatic carbocycles. The van der Waals surface area contributed by atoms with Gasteiger partial charge in [0, 0.05) is 0 Å². The third-order valence-electron chi connectivity index (χ3n) is 2.50. The van der Waals surface area contributed by atoms with Gasteiger partial charge in [0.1, 0.15) is 5.82 Å². The largest absolute Gasteiger partial charge is 0.382 e. The lowest BCUT2D eigenvalue weighted by Gasteiger charge is -2.02. The average Bonchev–Trinajstić information content (AvgIpc) is 2.32. The van der Waals surface area contributed by atoms with E-state index >= 15 is 0 Å². The molecular formula is C12H13N3O. The maximum Gasteiger partial charge on any atom is 0.272 e. The van der Waals surface area contributed by atoms with Crippen LogP contribution in [0.3, 0.4) is 0 Å². The van der Waals surface area contributed by atoms with Crippen molar-refractivity contribution in [2.24, 2.45) is 0 Å². The van der Waals surface area contributed by atoms with E-state index in [1.165, 1.54) is 5.56 Å². The van der Waals surface area contributed by atoms with Crippen molar-refractivity contribution >= 4 is 5.82 Å². The molecule has 2 aromatic rings. The Hall–Kier alpha value is -2.10. The standard InChI is InChI=1S/C12H13N3O/c1-2-8-3-5-9(6-4-8)10-7-11(13)14-15-12(10)16/h3-7H,2H2,1H3,(H2,13,14)(H,15,16). The van der Waals surface area contributed by atoms with Crippen LogP contribution in [0.5, 0.6) is 0 Å². The fourth-order valence-corrected chi connectivity index (χ4v) is 1.56. The number of aromatic amines is 1. The molecule has 0 unspecified atom stereocenters. The van der Waals surface area contributed by atoms with Crippen LogP contribution in [0.2, 0.25) is 0 Å². The van der Waals surface area contributed by atoms with Crippen molar-refractivity contribution < 1.29 is 0 Å². The minimum absolute atomic E-state index is 0.224. The maximum atomic E-state index is 11.6. The second-order valence-electron chi connectivity index (χ2n) is 3.59. The van der Waals surface area contributed by atoms with Crippen molar-refractivity contribution in [2.45, 2.75) is 13.3 Å². The molecule has 0 bridgehead atoms. The van der Waals surface area contributed by atoms with Crippen molar-refractivity contribution in [1.29, 1.82) is 0 Å². The Morgan fingerprint density at radius 2 is 2.00 bits per heavy atom. The molecule has 4 heteroatoms.